The number of rotatable bonds is 7. The zero-order chi connectivity index (χ0) is 27.5. The summed E-state index contributed by atoms with van der Waals surface area (Å²) in [5, 5.41) is 11.8. The molecule has 1 saturated heterocycles. The maximum Gasteiger partial charge on any atom is 0.430 e. The molecule has 11 nitrogen and oxygen atoms in total. The molecule has 0 atom stereocenters. The largest absolute Gasteiger partial charge is 0.430 e. The van der Waals surface area contributed by atoms with E-state index in [2.05, 4.69) is 36.4 Å². The number of imidazole rings is 1. The van der Waals surface area contributed by atoms with Crippen LogP contribution in [0.2, 0.25) is 0 Å². The molecule has 0 unspecified atom stereocenters. The molecule has 5 N–H and O–H groups in total. The molecular weight excluding hydrogens is 645 g/mol. The van der Waals surface area contributed by atoms with Crippen LogP contribution in [0.3, 0.4) is 0 Å². The molecule has 0 radical (unpaired) electrons. The predicted molar refractivity (Wildman–Crippen MR) is 174 cm³/mol. The molecule has 6 rings (SSSR count). The minimum Gasteiger partial charge on any atom is -0.365 e. The number of nitrogens with one attached hydrogen (secondary N) is 3. The van der Waals surface area contributed by atoms with Gasteiger partial charge in [-0.3, -0.25) is 5.32 Å². The summed E-state index contributed by atoms with van der Waals surface area (Å²) in [7, 11) is 0. The highest BCUT2D eigenvalue weighted by atomic mass is 79.9. The number of halogens is 3. The maximum atomic E-state index is 12.4. The van der Waals surface area contributed by atoms with Crippen LogP contribution in [0.5, 0.6) is 0 Å². The highest BCUT2D eigenvalue weighted by Crippen LogP contribution is 2.34. The van der Waals surface area contributed by atoms with E-state index in [4.69, 9.17) is 25.5 Å². The number of aromatic nitrogens is 4. The van der Waals surface area contributed by atoms with Crippen LogP contribution in [-0.2, 0) is 4.84 Å². The summed E-state index contributed by atoms with van der Waals surface area (Å²) in [6.45, 7) is 1.25. The summed E-state index contributed by atoms with van der Waals surface area (Å²) in [5.74, 6) is 1.42. The monoisotopic (exact) mass is 683 g/mol. The molecule has 2 saturated carbocycles. The fourth-order valence-electron chi connectivity index (χ4n) is 6.07. The molecule has 0 bridgehead atoms. The second kappa shape index (κ2) is 14.9. The first kappa shape index (κ1) is 32.5. The SMILES string of the molecule is Cl.Cl.NC1CCC(Nc2nc(NC3CCN(OC(=O)Nc4ccccc4Br)CC3)c3ncn(C4CCCC4)c3n2)CC1. The Bertz CT molecular complexity index is 1320. The number of hydroxylamine groups is 2. The summed E-state index contributed by atoms with van der Waals surface area (Å²) in [6.07, 6.45) is 12.0. The first-order valence-corrected chi connectivity index (χ1v) is 15.3. The van der Waals surface area contributed by atoms with Crippen molar-refractivity contribution < 1.29 is 9.63 Å². The summed E-state index contributed by atoms with van der Waals surface area (Å²) >= 11 is 3.44. The second-order valence-electron chi connectivity index (χ2n) is 11.2. The van der Waals surface area contributed by atoms with Gasteiger partial charge in [-0.2, -0.15) is 9.97 Å². The molecule has 42 heavy (non-hydrogen) atoms. The van der Waals surface area contributed by atoms with Crippen molar-refractivity contribution in [1.82, 2.24) is 24.6 Å². The number of hydrogen-bond acceptors (Lipinski definition) is 9. The van der Waals surface area contributed by atoms with E-state index in [0.29, 0.717) is 42.9 Å². The van der Waals surface area contributed by atoms with Crippen molar-refractivity contribution in [3.8, 4) is 0 Å². The van der Waals surface area contributed by atoms with Crippen LogP contribution in [0.4, 0.5) is 22.2 Å². The van der Waals surface area contributed by atoms with Gasteiger partial charge in [-0.1, -0.05) is 25.0 Å². The van der Waals surface area contributed by atoms with Crippen molar-refractivity contribution >= 4 is 75.5 Å². The van der Waals surface area contributed by atoms with Crippen LogP contribution in [0.25, 0.3) is 11.2 Å². The Hall–Kier alpha value is -2.38. The van der Waals surface area contributed by atoms with Gasteiger partial charge in [0.2, 0.25) is 5.95 Å². The number of carbonyl (C=O) groups is 1. The summed E-state index contributed by atoms with van der Waals surface area (Å²) < 4.78 is 3.06. The van der Waals surface area contributed by atoms with E-state index in [9.17, 15) is 4.79 Å². The molecule has 3 aliphatic rings. The first-order valence-electron chi connectivity index (χ1n) is 14.5. The third-order valence-electron chi connectivity index (χ3n) is 8.36. The molecule has 1 aliphatic heterocycles. The minimum absolute atomic E-state index is 0. The maximum absolute atomic E-state index is 12.4. The molecule has 3 fully saturated rings. The second-order valence-corrected chi connectivity index (χ2v) is 12.1. The fourth-order valence-corrected chi connectivity index (χ4v) is 6.46. The van der Waals surface area contributed by atoms with Crippen molar-refractivity contribution in [2.75, 3.05) is 29.0 Å². The average Bonchev–Trinajstić information content (AvgIpc) is 3.63. The number of nitrogens with zero attached hydrogens (tertiary/aromatic N) is 5. The number of hydrogen-bond donors (Lipinski definition) is 4. The topological polar surface area (TPSA) is 135 Å². The normalized spacial score (nSPS) is 21.8. The van der Waals surface area contributed by atoms with Gasteiger partial charge in [-0.15, -0.1) is 29.9 Å². The third kappa shape index (κ3) is 7.76. The van der Waals surface area contributed by atoms with E-state index in [-0.39, 0.29) is 30.9 Å². The van der Waals surface area contributed by atoms with Crippen molar-refractivity contribution in [2.45, 2.75) is 88.4 Å². The molecule has 230 valence electrons. The zero-order valence-electron chi connectivity index (χ0n) is 23.5. The fraction of sp³-hybridized carbons (Fsp3) is 0.571. The van der Waals surface area contributed by atoms with Gasteiger partial charge in [-0.25, -0.2) is 9.78 Å². The van der Waals surface area contributed by atoms with Gasteiger partial charge in [0.15, 0.2) is 17.0 Å². The average molecular weight is 685 g/mol. The molecule has 1 amide bonds. The molecule has 1 aromatic carbocycles. The number of benzene rings is 1. The third-order valence-corrected chi connectivity index (χ3v) is 9.05. The highest BCUT2D eigenvalue weighted by Gasteiger charge is 2.27. The lowest BCUT2D eigenvalue weighted by Gasteiger charge is -2.31. The molecule has 2 aromatic heterocycles. The van der Waals surface area contributed by atoms with Gasteiger partial charge in [0, 0.05) is 41.7 Å². The number of amides is 1. The van der Waals surface area contributed by atoms with Gasteiger partial charge in [0.05, 0.1) is 12.0 Å². The lowest BCUT2D eigenvalue weighted by Crippen LogP contribution is -2.41. The summed E-state index contributed by atoms with van der Waals surface area (Å²) in [6, 6.07) is 8.71. The molecule has 3 heterocycles. The van der Waals surface area contributed by atoms with Crippen LogP contribution in [-0.4, -0.2) is 61.9 Å². The Morgan fingerprint density at radius 3 is 2.33 bits per heavy atom. The number of carbonyl (C=O) groups excluding carboxylic acids is 1. The lowest BCUT2D eigenvalue weighted by atomic mass is 9.92. The molecule has 14 heteroatoms. The minimum atomic E-state index is -0.493. The van der Waals surface area contributed by atoms with Crippen molar-refractivity contribution in [2.24, 2.45) is 5.73 Å². The molecule has 0 spiro atoms. The number of piperidine rings is 1. The van der Waals surface area contributed by atoms with Gasteiger partial charge >= 0.3 is 6.09 Å². The van der Waals surface area contributed by atoms with Gasteiger partial charge < -0.3 is 25.8 Å². The van der Waals surface area contributed by atoms with E-state index < -0.39 is 6.09 Å². The van der Waals surface area contributed by atoms with E-state index in [1.54, 1.807) is 5.06 Å². The van der Waals surface area contributed by atoms with Crippen molar-refractivity contribution in [1.29, 1.82) is 0 Å². The van der Waals surface area contributed by atoms with Gasteiger partial charge in [0.1, 0.15) is 0 Å². The standard InChI is InChI=1S/C28H38BrN9O2.2ClH/c29-22-7-3-4-8-23(22)34-28(39)40-37-15-13-20(14-16-37)32-25-24-26(38(17-31-24)21-5-1-2-6-21)36-27(35-25)33-19-11-9-18(30)10-12-19;;/h3-4,7-8,17-21H,1-2,5-6,9-16,30H2,(H,34,39)(H2,32,33,35,36);2*1H. The molecular formula is C28H40BrCl2N9O2. The number of anilines is 3. The smallest absolute Gasteiger partial charge is 0.365 e. The molecule has 3 aromatic rings. The van der Waals surface area contributed by atoms with Gasteiger partial charge in [-0.05, 0) is 79.4 Å². The quantitative estimate of drug-likeness (QED) is 0.227. The van der Waals surface area contributed by atoms with Gasteiger partial charge in [0.25, 0.3) is 0 Å². The van der Waals surface area contributed by atoms with Crippen LogP contribution < -0.4 is 21.7 Å². The Labute approximate surface area is 267 Å². The Balaban J connectivity index is 0.00000202. The van der Waals surface area contributed by atoms with E-state index in [1.165, 1.54) is 12.8 Å². The highest BCUT2D eigenvalue weighted by molar-refractivity contribution is 9.10. The number of nitrogens with two attached hydrogens (primary N) is 1. The van der Waals surface area contributed by atoms with E-state index >= 15 is 0 Å². The lowest BCUT2D eigenvalue weighted by molar-refractivity contribution is -0.106. The van der Waals surface area contributed by atoms with Crippen molar-refractivity contribution in [3.63, 3.8) is 0 Å². The van der Waals surface area contributed by atoms with Crippen LogP contribution in [0, 0.1) is 0 Å². The Kier molecular flexibility index (Phi) is 11.5. The van der Waals surface area contributed by atoms with Crippen LogP contribution in [0.1, 0.15) is 70.3 Å². The summed E-state index contributed by atoms with van der Waals surface area (Å²) in [4.78, 5) is 32.6. The van der Waals surface area contributed by atoms with E-state index in [1.807, 2.05) is 30.6 Å². The number of fused-ring (bicyclic) bond motifs is 1. The first-order chi connectivity index (χ1) is 19.5. The molecule has 2 aliphatic carbocycles. The summed E-state index contributed by atoms with van der Waals surface area (Å²) in [5.41, 5.74) is 8.51. The van der Waals surface area contributed by atoms with Crippen LogP contribution >= 0.6 is 40.7 Å². The Morgan fingerprint density at radius 2 is 1.62 bits per heavy atom. The van der Waals surface area contributed by atoms with Crippen LogP contribution in [0.15, 0.2) is 35.1 Å². The Morgan fingerprint density at radius 1 is 0.929 bits per heavy atom. The predicted octanol–water partition coefficient (Wildman–Crippen LogP) is 6.27. The van der Waals surface area contributed by atoms with Crippen molar-refractivity contribution in [3.05, 3.63) is 35.1 Å². The van der Waals surface area contributed by atoms with E-state index in [0.717, 1.165) is 72.8 Å². The zero-order valence-corrected chi connectivity index (χ0v) is 26.7. The number of para-hydroxylation sites is 1.